The summed E-state index contributed by atoms with van der Waals surface area (Å²) in [4.78, 5) is 13.9. The van der Waals surface area contributed by atoms with Gasteiger partial charge >= 0.3 is 0 Å². The Morgan fingerprint density at radius 2 is 1.31 bits per heavy atom. The van der Waals surface area contributed by atoms with Gasteiger partial charge in [-0.2, -0.15) is 5.26 Å². The predicted molar refractivity (Wildman–Crippen MR) is 182 cm³/mol. The van der Waals surface area contributed by atoms with E-state index in [2.05, 4.69) is 91.2 Å². The Kier molecular flexibility index (Phi) is 5.14. The third-order valence-electron chi connectivity index (χ3n) is 9.61. The first kappa shape index (κ1) is 25.6. The van der Waals surface area contributed by atoms with Gasteiger partial charge in [0.1, 0.15) is 11.2 Å². The highest BCUT2D eigenvalue weighted by molar-refractivity contribution is 6.09. The largest absolute Gasteiger partial charge is 0.456 e. The lowest BCUT2D eigenvalue weighted by molar-refractivity contribution is 0.652. The normalized spacial score (nSPS) is 13.4. The Labute approximate surface area is 259 Å². The van der Waals surface area contributed by atoms with Crippen molar-refractivity contribution in [2.75, 3.05) is 0 Å². The Bertz CT molecular complexity index is 2610. The van der Waals surface area contributed by atoms with Gasteiger partial charge in [0.25, 0.3) is 0 Å². The number of aromatic nitrogens is 1. The van der Waals surface area contributed by atoms with Crippen LogP contribution in [-0.4, -0.2) is 4.57 Å². The SMILES string of the molecule is CC1(C)c2cc(-n3c4ccccc4c4ccccc43)ccc2-c2cc3oc4cc(-c5cccc(C#N)c5)ccc4c(=O)c3cc21. The smallest absolute Gasteiger partial charge is 0.200 e. The summed E-state index contributed by atoms with van der Waals surface area (Å²) in [5, 5.41) is 13.0. The Morgan fingerprint density at radius 3 is 2.07 bits per heavy atom. The van der Waals surface area contributed by atoms with Crippen molar-refractivity contribution in [3.05, 3.63) is 148 Å². The minimum absolute atomic E-state index is 0.0379. The van der Waals surface area contributed by atoms with Crippen molar-refractivity contribution in [1.82, 2.24) is 4.57 Å². The van der Waals surface area contributed by atoms with Crippen molar-refractivity contribution >= 4 is 43.7 Å². The number of fused-ring (bicyclic) bond motifs is 8. The van der Waals surface area contributed by atoms with Gasteiger partial charge < -0.3 is 8.98 Å². The molecule has 0 saturated carbocycles. The highest BCUT2D eigenvalue weighted by Crippen LogP contribution is 2.50. The molecule has 212 valence electrons. The second-order valence-corrected chi connectivity index (χ2v) is 12.5. The van der Waals surface area contributed by atoms with Crippen LogP contribution in [0.5, 0.6) is 0 Å². The summed E-state index contributed by atoms with van der Waals surface area (Å²) in [6.07, 6.45) is 0. The Hall–Kier alpha value is -5.92. The lowest BCUT2D eigenvalue weighted by Gasteiger charge is -2.22. The number of rotatable bonds is 2. The molecule has 6 aromatic carbocycles. The summed E-state index contributed by atoms with van der Waals surface area (Å²) >= 11 is 0. The molecular formula is C41H26N2O2. The van der Waals surface area contributed by atoms with Crippen LogP contribution in [0.4, 0.5) is 0 Å². The maximum Gasteiger partial charge on any atom is 0.200 e. The summed E-state index contributed by atoms with van der Waals surface area (Å²) in [5.41, 5.74) is 11.2. The van der Waals surface area contributed by atoms with E-state index in [0.717, 1.165) is 33.5 Å². The van der Waals surface area contributed by atoms with Gasteiger partial charge in [0.15, 0.2) is 0 Å². The monoisotopic (exact) mass is 578 g/mol. The second kappa shape index (κ2) is 9.05. The van der Waals surface area contributed by atoms with Crippen molar-refractivity contribution in [3.63, 3.8) is 0 Å². The third kappa shape index (κ3) is 3.56. The van der Waals surface area contributed by atoms with Gasteiger partial charge in [-0.25, -0.2) is 0 Å². The average molecular weight is 579 g/mol. The summed E-state index contributed by atoms with van der Waals surface area (Å²) in [7, 11) is 0. The van der Waals surface area contributed by atoms with Crippen molar-refractivity contribution in [1.29, 1.82) is 5.26 Å². The second-order valence-electron chi connectivity index (χ2n) is 12.5. The average Bonchev–Trinajstić information content (AvgIpc) is 3.52. The third-order valence-corrected chi connectivity index (χ3v) is 9.61. The van der Waals surface area contributed by atoms with E-state index in [4.69, 9.17) is 4.42 Å². The topological polar surface area (TPSA) is 58.9 Å². The fourth-order valence-electron chi connectivity index (χ4n) is 7.36. The molecule has 1 aliphatic carbocycles. The van der Waals surface area contributed by atoms with Crippen molar-refractivity contribution < 1.29 is 4.42 Å². The van der Waals surface area contributed by atoms with E-state index < -0.39 is 0 Å². The molecule has 2 heterocycles. The quantitative estimate of drug-likeness (QED) is 0.192. The number of nitrogens with zero attached hydrogens (tertiary/aromatic N) is 2. The van der Waals surface area contributed by atoms with Crippen LogP contribution in [0.2, 0.25) is 0 Å². The Balaban J connectivity index is 1.23. The molecule has 0 N–H and O–H groups in total. The van der Waals surface area contributed by atoms with E-state index in [-0.39, 0.29) is 10.8 Å². The molecule has 4 heteroatoms. The van der Waals surface area contributed by atoms with Crippen LogP contribution >= 0.6 is 0 Å². The van der Waals surface area contributed by atoms with Crippen LogP contribution in [0.15, 0.2) is 131 Å². The van der Waals surface area contributed by atoms with Crippen LogP contribution in [0.3, 0.4) is 0 Å². The predicted octanol–water partition coefficient (Wildman–Crippen LogP) is 9.89. The Morgan fingerprint density at radius 1 is 0.622 bits per heavy atom. The molecule has 0 fully saturated rings. The molecule has 0 radical (unpaired) electrons. The number of benzene rings is 6. The standard InChI is InChI=1S/C41H26N2O2/c1-41(2)34-20-27(43-36-12-5-3-10-29(36)30-11-4-6-13-37(30)43)15-17-28(34)32-22-39-33(21-35(32)41)40(44)31-16-14-26(19-38(31)45-39)25-9-7-8-24(18-25)23-42/h3-22H,1-2H3. The lowest BCUT2D eigenvalue weighted by Crippen LogP contribution is -2.16. The van der Waals surface area contributed by atoms with Gasteiger partial charge in [-0.05, 0) is 94.0 Å². The molecule has 0 atom stereocenters. The molecule has 2 aromatic heterocycles. The van der Waals surface area contributed by atoms with E-state index >= 15 is 0 Å². The number of nitriles is 1. The molecule has 4 nitrogen and oxygen atoms in total. The van der Waals surface area contributed by atoms with Crippen molar-refractivity contribution in [3.8, 4) is 34.0 Å². The minimum Gasteiger partial charge on any atom is -0.456 e. The van der Waals surface area contributed by atoms with Gasteiger partial charge in [0.05, 0.1) is 33.4 Å². The first-order valence-corrected chi connectivity index (χ1v) is 15.1. The highest BCUT2D eigenvalue weighted by Gasteiger charge is 2.37. The fraction of sp³-hybridized carbons (Fsp3) is 0.0732. The molecular weight excluding hydrogens is 552 g/mol. The maximum atomic E-state index is 13.9. The number of hydrogen-bond acceptors (Lipinski definition) is 3. The zero-order valence-corrected chi connectivity index (χ0v) is 24.8. The van der Waals surface area contributed by atoms with Crippen LogP contribution in [-0.2, 0) is 5.41 Å². The molecule has 1 aliphatic rings. The van der Waals surface area contributed by atoms with Crippen LogP contribution in [0, 0.1) is 11.3 Å². The molecule has 0 aliphatic heterocycles. The van der Waals surface area contributed by atoms with E-state index in [1.54, 1.807) is 6.07 Å². The zero-order valence-electron chi connectivity index (χ0n) is 24.8. The van der Waals surface area contributed by atoms with E-state index in [9.17, 15) is 10.1 Å². The summed E-state index contributed by atoms with van der Waals surface area (Å²) in [6.45, 7) is 4.48. The number of para-hydroxylation sites is 2. The minimum atomic E-state index is -0.315. The molecule has 8 aromatic rings. The van der Waals surface area contributed by atoms with E-state index in [1.165, 1.54) is 27.4 Å². The van der Waals surface area contributed by atoms with Crippen LogP contribution < -0.4 is 5.43 Å². The zero-order chi connectivity index (χ0) is 30.4. The van der Waals surface area contributed by atoms with Gasteiger partial charge in [-0.3, -0.25) is 4.79 Å². The molecule has 0 bridgehead atoms. The molecule has 45 heavy (non-hydrogen) atoms. The molecule has 9 rings (SSSR count). The fourth-order valence-corrected chi connectivity index (χ4v) is 7.36. The lowest BCUT2D eigenvalue weighted by atomic mass is 9.82. The van der Waals surface area contributed by atoms with Gasteiger partial charge in [0, 0.05) is 21.9 Å². The van der Waals surface area contributed by atoms with Gasteiger partial charge in [0.2, 0.25) is 5.43 Å². The van der Waals surface area contributed by atoms with Crippen molar-refractivity contribution in [2.24, 2.45) is 0 Å². The van der Waals surface area contributed by atoms with Gasteiger partial charge in [-0.1, -0.05) is 74.5 Å². The van der Waals surface area contributed by atoms with E-state index in [1.807, 2.05) is 48.5 Å². The van der Waals surface area contributed by atoms with E-state index in [0.29, 0.717) is 27.5 Å². The first-order valence-electron chi connectivity index (χ1n) is 15.1. The number of hydrogen-bond donors (Lipinski definition) is 0. The molecule has 0 unspecified atom stereocenters. The summed E-state index contributed by atoms with van der Waals surface area (Å²) < 4.78 is 8.81. The first-order chi connectivity index (χ1) is 21.9. The highest BCUT2D eigenvalue weighted by atomic mass is 16.3. The van der Waals surface area contributed by atoms with Crippen molar-refractivity contribution in [2.45, 2.75) is 19.3 Å². The summed E-state index contributed by atoms with van der Waals surface area (Å²) in [5.74, 6) is 0. The molecule has 0 amide bonds. The van der Waals surface area contributed by atoms with Crippen LogP contribution in [0.1, 0.15) is 30.5 Å². The molecule has 0 saturated heterocycles. The summed E-state index contributed by atoms with van der Waals surface area (Å²) in [6, 6.07) is 43.2. The van der Waals surface area contributed by atoms with Crippen LogP contribution in [0.25, 0.3) is 71.7 Å². The van der Waals surface area contributed by atoms with Gasteiger partial charge in [-0.15, -0.1) is 0 Å². The maximum absolute atomic E-state index is 13.9. The molecule has 0 spiro atoms.